The number of aliphatic carboxylic acids is 1. The van der Waals surface area contributed by atoms with Crippen molar-refractivity contribution in [1.82, 2.24) is 0 Å². The van der Waals surface area contributed by atoms with Gasteiger partial charge in [-0.3, -0.25) is 9.59 Å². The maximum Gasteiger partial charge on any atom is 0.307 e. The van der Waals surface area contributed by atoms with E-state index in [-0.39, 0.29) is 18.9 Å². The lowest BCUT2D eigenvalue weighted by Crippen LogP contribution is -2.22. The molecule has 0 saturated carbocycles. The van der Waals surface area contributed by atoms with Crippen LogP contribution in [-0.4, -0.2) is 17.0 Å². The molecule has 0 atom stereocenters. The molecule has 1 aliphatic rings. The second-order valence-electron chi connectivity index (χ2n) is 7.29. The lowest BCUT2D eigenvalue weighted by molar-refractivity contribution is -0.136. The number of nitrogens with zero attached hydrogens (tertiary/aromatic N) is 1. The molecule has 0 radical (unpaired) electrons. The molecule has 152 valence electrons. The van der Waals surface area contributed by atoms with Gasteiger partial charge < -0.3 is 14.7 Å². The summed E-state index contributed by atoms with van der Waals surface area (Å²) >= 11 is 6.26. The van der Waals surface area contributed by atoms with Crippen LogP contribution < -0.4 is 9.64 Å². The normalized spacial score (nSPS) is 12.7. The number of carboxylic acids is 1. The Kier molecular flexibility index (Phi) is 5.46. The third kappa shape index (κ3) is 4.02. The summed E-state index contributed by atoms with van der Waals surface area (Å²) in [5.41, 5.74) is 5.16. The first-order valence-corrected chi connectivity index (χ1v) is 9.92. The lowest BCUT2D eigenvalue weighted by atomic mass is 10.0. The number of rotatable bonds is 6. The molecular weight excluding hydrogens is 402 g/mol. The van der Waals surface area contributed by atoms with E-state index in [1.807, 2.05) is 49.4 Å². The number of ether oxygens (including phenoxy) is 1. The number of carbonyl (C=O) groups excluding carboxylic acids is 1. The Labute approximate surface area is 179 Å². The quantitative estimate of drug-likeness (QED) is 0.607. The molecule has 1 heterocycles. The number of hydrogen-bond donors (Lipinski definition) is 1. The summed E-state index contributed by atoms with van der Waals surface area (Å²) in [4.78, 5) is 25.5. The molecule has 0 bridgehead atoms. The average Bonchev–Trinajstić information content (AvgIpc) is 3.05. The Balaban J connectivity index is 1.53. The van der Waals surface area contributed by atoms with Crippen LogP contribution in [0.15, 0.2) is 60.7 Å². The van der Waals surface area contributed by atoms with Crippen LogP contribution in [-0.2, 0) is 24.4 Å². The Bertz CT molecular complexity index is 1120. The fraction of sp³-hybridized carbons (Fsp3) is 0.167. The molecule has 1 amide bonds. The van der Waals surface area contributed by atoms with Crippen LogP contribution >= 0.6 is 11.6 Å². The molecule has 5 nitrogen and oxygen atoms in total. The van der Waals surface area contributed by atoms with Crippen LogP contribution in [0.5, 0.6) is 5.75 Å². The minimum Gasteiger partial charge on any atom is -0.487 e. The van der Waals surface area contributed by atoms with Crippen molar-refractivity contribution in [3.8, 4) is 5.75 Å². The molecule has 1 N–H and O–H groups in total. The van der Waals surface area contributed by atoms with Gasteiger partial charge in [0.05, 0.1) is 18.0 Å². The molecule has 0 aromatic heterocycles. The second-order valence-corrected chi connectivity index (χ2v) is 7.70. The van der Waals surface area contributed by atoms with Gasteiger partial charge in [0.2, 0.25) is 0 Å². The van der Waals surface area contributed by atoms with Gasteiger partial charge in [0.1, 0.15) is 12.4 Å². The number of hydrogen-bond acceptors (Lipinski definition) is 3. The molecule has 30 heavy (non-hydrogen) atoms. The topological polar surface area (TPSA) is 66.8 Å². The summed E-state index contributed by atoms with van der Waals surface area (Å²) in [6.45, 7) is 2.76. The number of carbonyl (C=O) groups is 2. The molecule has 3 aromatic carbocycles. The number of aryl methyl sites for hydroxylation is 1. The van der Waals surface area contributed by atoms with E-state index in [4.69, 9.17) is 21.4 Å². The molecule has 0 fully saturated rings. The van der Waals surface area contributed by atoms with Crippen molar-refractivity contribution in [1.29, 1.82) is 0 Å². The molecule has 6 heteroatoms. The number of benzene rings is 3. The number of fused-ring (bicyclic) bond motifs is 1. The van der Waals surface area contributed by atoms with E-state index in [1.54, 1.807) is 23.1 Å². The van der Waals surface area contributed by atoms with E-state index in [1.165, 1.54) is 0 Å². The summed E-state index contributed by atoms with van der Waals surface area (Å²) in [6.07, 6.45) is -0.0941. The largest absolute Gasteiger partial charge is 0.487 e. The van der Waals surface area contributed by atoms with Gasteiger partial charge in [-0.05, 0) is 53.9 Å². The highest BCUT2D eigenvalue weighted by molar-refractivity contribution is 6.32. The summed E-state index contributed by atoms with van der Waals surface area (Å²) in [6, 6.07) is 18.5. The molecule has 3 aromatic rings. The second kappa shape index (κ2) is 8.20. The summed E-state index contributed by atoms with van der Waals surface area (Å²) in [5, 5.41) is 9.26. The highest BCUT2D eigenvalue weighted by Crippen LogP contribution is 2.32. The minimum absolute atomic E-state index is 0.0215. The fourth-order valence-electron chi connectivity index (χ4n) is 3.57. The third-order valence-electron chi connectivity index (χ3n) is 5.15. The Morgan fingerprint density at radius 1 is 1.13 bits per heavy atom. The van der Waals surface area contributed by atoms with Crippen molar-refractivity contribution in [2.75, 3.05) is 4.90 Å². The van der Waals surface area contributed by atoms with Gasteiger partial charge in [-0.15, -0.1) is 0 Å². The first kappa shape index (κ1) is 20.0. The van der Waals surface area contributed by atoms with Crippen molar-refractivity contribution < 1.29 is 19.4 Å². The van der Waals surface area contributed by atoms with Crippen LogP contribution in [0.25, 0.3) is 0 Å². The van der Waals surface area contributed by atoms with Crippen LogP contribution in [0.2, 0.25) is 5.02 Å². The first-order chi connectivity index (χ1) is 14.4. The molecular formula is C24H20ClNO4. The summed E-state index contributed by atoms with van der Waals surface area (Å²) < 4.78 is 5.89. The predicted octanol–water partition coefficient (Wildman–Crippen LogP) is 5.01. The van der Waals surface area contributed by atoms with Crippen LogP contribution in [0.1, 0.15) is 32.6 Å². The smallest absolute Gasteiger partial charge is 0.307 e. The fourth-order valence-corrected chi connectivity index (χ4v) is 3.82. The van der Waals surface area contributed by atoms with Gasteiger partial charge in [0.25, 0.3) is 5.91 Å². The van der Waals surface area contributed by atoms with E-state index >= 15 is 0 Å². The Morgan fingerprint density at radius 2 is 1.90 bits per heavy atom. The van der Waals surface area contributed by atoms with Gasteiger partial charge in [-0.2, -0.15) is 0 Å². The van der Waals surface area contributed by atoms with Gasteiger partial charge >= 0.3 is 5.97 Å². The molecule has 0 aliphatic carbocycles. The molecule has 0 spiro atoms. The van der Waals surface area contributed by atoms with Gasteiger partial charge in [0.15, 0.2) is 0 Å². The first-order valence-electron chi connectivity index (χ1n) is 9.54. The zero-order chi connectivity index (χ0) is 21.3. The number of carboxylic acid groups (broad SMARTS) is 1. The zero-order valence-electron chi connectivity index (χ0n) is 16.4. The number of anilines is 1. The SMILES string of the molecule is Cc1ccc(N2Cc3c(COc4ccc(CC(=O)O)cc4Cl)cccc3C2=O)cc1. The van der Waals surface area contributed by atoms with Crippen LogP contribution in [0, 0.1) is 6.92 Å². The summed E-state index contributed by atoms with van der Waals surface area (Å²) in [7, 11) is 0. The van der Waals surface area contributed by atoms with Crippen LogP contribution in [0.3, 0.4) is 0 Å². The van der Waals surface area contributed by atoms with E-state index < -0.39 is 5.97 Å². The monoisotopic (exact) mass is 421 g/mol. The van der Waals surface area contributed by atoms with E-state index in [9.17, 15) is 9.59 Å². The molecule has 0 saturated heterocycles. The molecule has 4 rings (SSSR count). The standard InChI is InChI=1S/C24H20ClNO4/c1-15-5-8-18(9-6-15)26-13-20-17(3-2-4-19(20)24(26)29)14-30-22-10-7-16(11-21(22)25)12-23(27)28/h2-11H,12-14H2,1H3,(H,27,28). The molecule has 0 unspecified atom stereocenters. The number of amides is 1. The van der Waals surface area contributed by atoms with Crippen molar-refractivity contribution in [3.63, 3.8) is 0 Å². The van der Waals surface area contributed by atoms with Crippen molar-refractivity contribution in [3.05, 3.63) is 93.5 Å². The third-order valence-corrected chi connectivity index (χ3v) is 5.44. The highest BCUT2D eigenvalue weighted by atomic mass is 35.5. The predicted molar refractivity (Wildman–Crippen MR) is 115 cm³/mol. The average molecular weight is 422 g/mol. The van der Waals surface area contributed by atoms with Gasteiger partial charge in [0, 0.05) is 11.3 Å². The lowest BCUT2D eigenvalue weighted by Gasteiger charge is -2.16. The van der Waals surface area contributed by atoms with Crippen molar-refractivity contribution in [2.24, 2.45) is 0 Å². The minimum atomic E-state index is -0.914. The summed E-state index contributed by atoms with van der Waals surface area (Å²) in [5.74, 6) is -0.461. The Morgan fingerprint density at radius 3 is 2.60 bits per heavy atom. The van der Waals surface area contributed by atoms with E-state index in [0.717, 1.165) is 22.4 Å². The van der Waals surface area contributed by atoms with Crippen molar-refractivity contribution in [2.45, 2.75) is 26.5 Å². The van der Waals surface area contributed by atoms with E-state index in [0.29, 0.717) is 28.4 Å². The van der Waals surface area contributed by atoms with E-state index in [2.05, 4.69) is 0 Å². The Hall–Kier alpha value is -3.31. The zero-order valence-corrected chi connectivity index (χ0v) is 17.1. The maximum atomic E-state index is 12.9. The van der Waals surface area contributed by atoms with Crippen molar-refractivity contribution >= 4 is 29.2 Å². The van der Waals surface area contributed by atoms with Gasteiger partial charge in [-0.1, -0.05) is 47.5 Å². The van der Waals surface area contributed by atoms with Crippen LogP contribution in [0.4, 0.5) is 5.69 Å². The highest BCUT2D eigenvalue weighted by Gasteiger charge is 2.30. The van der Waals surface area contributed by atoms with Gasteiger partial charge in [-0.25, -0.2) is 0 Å². The molecule has 1 aliphatic heterocycles. The number of halogens is 1. The maximum absolute atomic E-state index is 12.9.